The zero-order valence-corrected chi connectivity index (χ0v) is 11.9. The molecule has 3 rings (SSSR count). The van der Waals surface area contributed by atoms with Gasteiger partial charge in [-0.15, -0.1) is 0 Å². The molecule has 0 aliphatic carbocycles. The Morgan fingerprint density at radius 1 is 1.26 bits per heavy atom. The first-order chi connectivity index (χ1) is 9.33. The van der Waals surface area contributed by atoms with E-state index in [0.717, 1.165) is 32.7 Å². The molecule has 1 aromatic carbocycles. The van der Waals surface area contributed by atoms with Crippen LogP contribution in [0.4, 0.5) is 0 Å². The Kier molecular flexibility index (Phi) is 3.58. The molecule has 0 atom stereocenters. The number of benzene rings is 1. The quantitative estimate of drug-likeness (QED) is 0.888. The number of hydrogen-bond donors (Lipinski definition) is 1. The second-order valence-electron chi connectivity index (χ2n) is 5.33. The van der Waals surface area contributed by atoms with Gasteiger partial charge in [0.25, 0.3) is 0 Å². The van der Waals surface area contributed by atoms with Crippen molar-refractivity contribution in [2.45, 2.75) is 33.0 Å². The van der Waals surface area contributed by atoms with E-state index in [4.69, 9.17) is 0 Å². The molecule has 0 amide bonds. The Hall–Kier alpha value is -1.32. The molecule has 2 heterocycles. The second kappa shape index (κ2) is 5.35. The summed E-state index contributed by atoms with van der Waals surface area (Å²) in [6.07, 6.45) is 2.33. The molecule has 3 nitrogen and oxygen atoms in total. The van der Waals surface area contributed by atoms with Gasteiger partial charge in [-0.05, 0) is 25.1 Å². The Labute approximate surface area is 115 Å². The topological polar surface area (TPSA) is 20.2 Å². The third-order valence-corrected chi connectivity index (χ3v) is 4.27. The number of nitrogens with one attached hydrogen (secondary N) is 1. The maximum atomic E-state index is 3.37. The number of fused-ring (bicyclic) bond motifs is 1. The van der Waals surface area contributed by atoms with Crippen molar-refractivity contribution < 1.29 is 0 Å². The van der Waals surface area contributed by atoms with Gasteiger partial charge in [-0.25, -0.2) is 0 Å². The van der Waals surface area contributed by atoms with Crippen molar-refractivity contribution in [1.82, 2.24) is 14.8 Å². The van der Waals surface area contributed by atoms with E-state index >= 15 is 0 Å². The summed E-state index contributed by atoms with van der Waals surface area (Å²) in [4.78, 5) is 2.58. The largest absolute Gasteiger partial charge is 0.347 e. The van der Waals surface area contributed by atoms with Gasteiger partial charge in [0.15, 0.2) is 0 Å². The first-order valence-corrected chi connectivity index (χ1v) is 7.35. The molecular weight excluding hydrogens is 234 g/mol. The fourth-order valence-electron chi connectivity index (χ4n) is 2.96. The number of para-hydroxylation sites is 1. The predicted octanol–water partition coefficient (Wildman–Crippen LogP) is 2.45. The van der Waals surface area contributed by atoms with Crippen LogP contribution in [0.1, 0.15) is 19.4 Å². The zero-order valence-electron chi connectivity index (χ0n) is 11.9. The van der Waals surface area contributed by atoms with Gasteiger partial charge in [0, 0.05) is 49.3 Å². The third-order valence-electron chi connectivity index (χ3n) is 4.27. The third kappa shape index (κ3) is 2.28. The van der Waals surface area contributed by atoms with Crippen LogP contribution in [0.2, 0.25) is 0 Å². The molecule has 0 bridgehead atoms. The molecule has 1 fully saturated rings. The Morgan fingerprint density at radius 2 is 2.05 bits per heavy atom. The highest BCUT2D eigenvalue weighted by atomic mass is 15.2. The lowest BCUT2D eigenvalue weighted by Crippen LogP contribution is -2.56. The molecule has 0 unspecified atom stereocenters. The first-order valence-electron chi connectivity index (χ1n) is 7.35. The molecule has 0 saturated carbocycles. The number of likely N-dealkylation sites (N-methyl/N-ethyl adjacent to an activating group) is 1. The van der Waals surface area contributed by atoms with E-state index in [9.17, 15) is 0 Å². The predicted molar refractivity (Wildman–Crippen MR) is 80.4 cm³/mol. The van der Waals surface area contributed by atoms with E-state index in [0.29, 0.717) is 6.04 Å². The van der Waals surface area contributed by atoms with Crippen LogP contribution in [0.3, 0.4) is 0 Å². The normalized spacial score (nSPS) is 16.2. The summed E-state index contributed by atoms with van der Waals surface area (Å²) in [5.41, 5.74) is 2.83. The highest BCUT2D eigenvalue weighted by Gasteiger charge is 2.24. The summed E-state index contributed by atoms with van der Waals surface area (Å²) in [6, 6.07) is 9.47. The lowest BCUT2D eigenvalue weighted by Gasteiger charge is -2.37. The smallest absolute Gasteiger partial charge is 0.0483 e. The molecule has 19 heavy (non-hydrogen) atoms. The number of rotatable bonds is 5. The average Bonchev–Trinajstić information content (AvgIpc) is 2.74. The van der Waals surface area contributed by atoms with Crippen molar-refractivity contribution in [2.75, 3.05) is 19.6 Å². The van der Waals surface area contributed by atoms with Gasteiger partial charge in [-0.1, -0.05) is 25.1 Å². The van der Waals surface area contributed by atoms with Crippen LogP contribution >= 0.6 is 0 Å². The van der Waals surface area contributed by atoms with Crippen LogP contribution < -0.4 is 5.32 Å². The van der Waals surface area contributed by atoms with Gasteiger partial charge in [0.05, 0.1) is 0 Å². The number of aromatic nitrogens is 1. The monoisotopic (exact) mass is 257 g/mol. The van der Waals surface area contributed by atoms with E-state index in [1.54, 1.807) is 0 Å². The molecule has 1 saturated heterocycles. The SMILES string of the molecule is CCN(Cc1cn(CC)c2ccccc12)C1CNC1. The summed E-state index contributed by atoms with van der Waals surface area (Å²) < 4.78 is 2.36. The first kappa shape index (κ1) is 12.7. The second-order valence-corrected chi connectivity index (χ2v) is 5.33. The van der Waals surface area contributed by atoms with Crippen molar-refractivity contribution in [3.8, 4) is 0 Å². The lowest BCUT2D eigenvalue weighted by molar-refractivity contribution is 0.145. The van der Waals surface area contributed by atoms with E-state index in [-0.39, 0.29) is 0 Å². The fourth-order valence-corrected chi connectivity index (χ4v) is 2.96. The van der Waals surface area contributed by atoms with Crippen molar-refractivity contribution in [3.05, 3.63) is 36.0 Å². The van der Waals surface area contributed by atoms with Gasteiger partial charge in [0.1, 0.15) is 0 Å². The molecule has 0 spiro atoms. The number of nitrogens with zero attached hydrogens (tertiary/aromatic N) is 2. The van der Waals surface area contributed by atoms with Gasteiger partial charge < -0.3 is 9.88 Å². The van der Waals surface area contributed by atoms with Gasteiger partial charge in [-0.2, -0.15) is 0 Å². The lowest BCUT2D eigenvalue weighted by atomic mass is 10.1. The van der Waals surface area contributed by atoms with Gasteiger partial charge in [0.2, 0.25) is 0 Å². The van der Waals surface area contributed by atoms with Crippen LogP contribution in [0.25, 0.3) is 10.9 Å². The van der Waals surface area contributed by atoms with Crippen LogP contribution in [0, 0.1) is 0 Å². The highest BCUT2D eigenvalue weighted by Crippen LogP contribution is 2.23. The standard InChI is InChI=1S/C16H23N3/c1-3-18(14-9-17-10-14)11-13-12-19(4-2)16-8-6-5-7-15(13)16/h5-8,12,14,17H,3-4,9-11H2,1-2H3. The van der Waals surface area contributed by atoms with Crippen LogP contribution in [-0.4, -0.2) is 35.1 Å². The molecule has 0 radical (unpaired) electrons. The van der Waals surface area contributed by atoms with Crippen LogP contribution in [0.15, 0.2) is 30.5 Å². The summed E-state index contributed by atoms with van der Waals surface area (Å²) >= 11 is 0. The maximum absolute atomic E-state index is 3.37. The van der Waals surface area contributed by atoms with Crippen molar-refractivity contribution in [3.63, 3.8) is 0 Å². The molecule has 1 aliphatic rings. The molecule has 1 N–H and O–H groups in total. The minimum Gasteiger partial charge on any atom is -0.347 e. The van der Waals surface area contributed by atoms with E-state index in [1.165, 1.54) is 16.5 Å². The van der Waals surface area contributed by atoms with Crippen LogP contribution in [0.5, 0.6) is 0 Å². The maximum Gasteiger partial charge on any atom is 0.0483 e. The highest BCUT2D eigenvalue weighted by molar-refractivity contribution is 5.83. The summed E-state index contributed by atoms with van der Waals surface area (Å²) in [6.45, 7) is 9.98. The molecule has 2 aromatic rings. The zero-order chi connectivity index (χ0) is 13.2. The van der Waals surface area contributed by atoms with E-state index in [1.807, 2.05) is 0 Å². The minimum absolute atomic E-state index is 0.716. The summed E-state index contributed by atoms with van der Waals surface area (Å²) in [5.74, 6) is 0. The molecular formula is C16H23N3. The van der Waals surface area contributed by atoms with Crippen molar-refractivity contribution >= 4 is 10.9 Å². The fraction of sp³-hybridized carbons (Fsp3) is 0.500. The van der Waals surface area contributed by atoms with Crippen LogP contribution in [-0.2, 0) is 13.1 Å². The van der Waals surface area contributed by atoms with Gasteiger partial charge in [-0.3, -0.25) is 4.90 Å². The van der Waals surface area contributed by atoms with Crippen molar-refractivity contribution in [1.29, 1.82) is 0 Å². The molecule has 1 aromatic heterocycles. The van der Waals surface area contributed by atoms with Gasteiger partial charge >= 0.3 is 0 Å². The minimum atomic E-state index is 0.716. The molecule has 3 heteroatoms. The number of aryl methyl sites for hydroxylation is 1. The van der Waals surface area contributed by atoms with E-state index < -0.39 is 0 Å². The molecule has 1 aliphatic heterocycles. The Morgan fingerprint density at radius 3 is 2.68 bits per heavy atom. The average molecular weight is 257 g/mol. The van der Waals surface area contributed by atoms with E-state index in [2.05, 4.69) is 59.1 Å². The Bertz CT molecular complexity index is 554. The summed E-state index contributed by atoms with van der Waals surface area (Å²) in [5, 5.41) is 4.78. The molecule has 102 valence electrons. The summed E-state index contributed by atoms with van der Waals surface area (Å²) in [7, 11) is 0. The number of hydrogen-bond acceptors (Lipinski definition) is 2. The van der Waals surface area contributed by atoms with Crippen molar-refractivity contribution in [2.24, 2.45) is 0 Å². The Balaban J connectivity index is 1.91.